The van der Waals surface area contributed by atoms with Gasteiger partial charge in [0, 0.05) is 12.7 Å². The molecular formula is C17H17NO. The minimum absolute atomic E-state index is 0.00708. The van der Waals surface area contributed by atoms with Gasteiger partial charge in [-0.25, -0.2) is 0 Å². The van der Waals surface area contributed by atoms with Crippen molar-refractivity contribution in [3.63, 3.8) is 0 Å². The monoisotopic (exact) mass is 251 g/mol. The molecule has 0 amide bonds. The van der Waals surface area contributed by atoms with Crippen LogP contribution in [0.5, 0.6) is 0 Å². The van der Waals surface area contributed by atoms with Crippen molar-refractivity contribution in [2.75, 3.05) is 6.54 Å². The summed E-state index contributed by atoms with van der Waals surface area (Å²) in [6.07, 6.45) is 6.21. The molecule has 2 atom stereocenters. The van der Waals surface area contributed by atoms with E-state index in [0.29, 0.717) is 0 Å². The van der Waals surface area contributed by atoms with E-state index in [1.165, 1.54) is 11.1 Å². The Labute approximate surface area is 113 Å². The Morgan fingerprint density at radius 1 is 1.37 bits per heavy atom. The fraction of sp³-hybridized carbons (Fsp3) is 0.235. The number of carbonyl (C=O) groups excluding carboxylic acids is 1. The first-order valence-corrected chi connectivity index (χ1v) is 6.58. The van der Waals surface area contributed by atoms with Crippen molar-refractivity contribution in [3.8, 4) is 0 Å². The zero-order chi connectivity index (χ0) is 13.4. The molecule has 0 saturated heterocycles. The summed E-state index contributed by atoms with van der Waals surface area (Å²) in [6.45, 7) is 8.70. The van der Waals surface area contributed by atoms with Gasteiger partial charge in [-0.15, -0.1) is 6.58 Å². The number of benzene rings is 1. The topological polar surface area (TPSA) is 20.3 Å². The summed E-state index contributed by atoms with van der Waals surface area (Å²) in [5, 5.41) is 0. The number of hydrogen-bond donors (Lipinski definition) is 0. The largest absolute Gasteiger partial charge is 0.366 e. The molecule has 1 aromatic rings. The highest BCUT2D eigenvalue weighted by Crippen LogP contribution is 2.45. The first-order chi connectivity index (χ1) is 9.22. The second kappa shape index (κ2) is 4.54. The number of nitrogens with zero attached hydrogens (tertiary/aromatic N) is 1. The molecule has 19 heavy (non-hydrogen) atoms. The molecule has 0 unspecified atom stereocenters. The average Bonchev–Trinajstić information content (AvgIpc) is 2.43. The summed E-state index contributed by atoms with van der Waals surface area (Å²) < 4.78 is 0. The van der Waals surface area contributed by atoms with E-state index in [0.717, 1.165) is 18.5 Å². The van der Waals surface area contributed by atoms with E-state index in [-0.39, 0.29) is 17.7 Å². The maximum absolute atomic E-state index is 12.2. The van der Waals surface area contributed by atoms with E-state index in [1.807, 2.05) is 24.4 Å². The maximum Gasteiger partial charge on any atom is 0.162 e. The first kappa shape index (κ1) is 12.0. The van der Waals surface area contributed by atoms with Crippen molar-refractivity contribution in [3.05, 3.63) is 66.9 Å². The molecular weight excluding hydrogens is 234 g/mol. The smallest absolute Gasteiger partial charge is 0.162 e. The summed E-state index contributed by atoms with van der Waals surface area (Å²) in [4.78, 5) is 14.4. The van der Waals surface area contributed by atoms with Gasteiger partial charge in [0.25, 0.3) is 0 Å². The molecule has 2 aliphatic rings. The third-order valence-electron chi connectivity index (χ3n) is 4.00. The lowest BCUT2D eigenvalue weighted by molar-refractivity contribution is -0.121. The predicted molar refractivity (Wildman–Crippen MR) is 77.4 cm³/mol. The molecule has 0 saturated carbocycles. The normalized spacial score (nSPS) is 24.9. The summed E-state index contributed by atoms with van der Waals surface area (Å²) in [5.41, 5.74) is 3.48. The van der Waals surface area contributed by atoms with Gasteiger partial charge in [-0.2, -0.15) is 0 Å². The Bertz CT molecular complexity index is 585. The van der Waals surface area contributed by atoms with E-state index in [1.54, 1.807) is 6.08 Å². The Kier molecular flexibility index (Phi) is 2.86. The molecule has 3 rings (SSSR count). The van der Waals surface area contributed by atoms with Crippen molar-refractivity contribution in [2.24, 2.45) is 5.92 Å². The van der Waals surface area contributed by atoms with Crippen LogP contribution in [-0.2, 0) is 4.79 Å². The second-order valence-corrected chi connectivity index (χ2v) is 5.15. The average molecular weight is 251 g/mol. The molecule has 1 heterocycles. The SMILES string of the molecule is C=CCN1C=CC(=O)[C@H]2CC(=C)c3ccccc3[C@@H]21. The summed E-state index contributed by atoms with van der Waals surface area (Å²) in [6, 6.07) is 8.39. The van der Waals surface area contributed by atoms with Crippen LogP contribution in [0.15, 0.2) is 55.8 Å². The molecule has 0 spiro atoms. The van der Waals surface area contributed by atoms with E-state index >= 15 is 0 Å². The zero-order valence-electron chi connectivity index (χ0n) is 10.9. The van der Waals surface area contributed by atoms with Gasteiger partial charge in [-0.3, -0.25) is 4.79 Å². The number of rotatable bonds is 2. The Morgan fingerprint density at radius 3 is 2.95 bits per heavy atom. The van der Waals surface area contributed by atoms with Gasteiger partial charge >= 0.3 is 0 Å². The van der Waals surface area contributed by atoms with E-state index in [9.17, 15) is 4.79 Å². The molecule has 1 aliphatic heterocycles. The van der Waals surface area contributed by atoms with Crippen LogP contribution in [0.4, 0.5) is 0 Å². The third-order valence-corrected chi connectivity index (χ3v) is 4.00. The van der Waals surface area contributed by atoms with Crippen molar-refractivity contribution in [1.29, 1.82) is 0 Å². The fourth-order valence-electron chi connectivity index (χ4n) is 3.16. The Balaban J connectivity index is 2.13. The number of fused-ring (bicyclic) bond motifs is 3. The number of hydrogen-bond acceptors (Lipinski definition) is 2. The molecule has 0 radical (unpaired) electrons. The predicted octanol–water partition coefficient (Wildman–Crippen LogP) is 3.35. The zero-order valence-corrected chi connectivity index (χ0v) is 10.9. The van der Waals surface area contributed by atoms with Gasteiger partial charge in [-0.1, -0.05) is 36.9 Å². The van der Waals surface area contributed by atoms with Crippen LogP contribution >= 0.6 is 0 Å². The fourth-order valence-corrected chi connectivity index (χ4v) is 3.16. The number of ketones is 1. The highest BCUT2D eigenvalue weighted by molar-refractivity contribution is 5.95. The van der Waals surface area contributed by atoms with Gasteiger partial charge in [0.2, 0.25) is 0 Å². The highest BCUT2D eigenvalue weighted by atomic mass is 16.1. The van der Waals surface area contributed by atoms with Crippen molar-refractivity contribution >= 4 is 11.4 Å². The van der Waals surface area contributed by atoms with Crippen LogP contribution in [0.3, 0.4) is 0 Å². The van der Waals surface area contributed by atoms with Gasteiger partial charge in [0.15, 0.2) is 5.78 Å². The molecule has 96 valence electrons. The van der Waals surface area contributed by atoms with Crippen molar-refractivity contribution in [1.82, 2.24) is 4.90 Å². The van der Waals surface area contributed by atoms with E-state index < -0.39 is 0 Å². The lowest BCUT2D eigenvalue weighted by Gasteiger charge is -2.42. The summed E-state index contributed by atoms with van der Waals surface area (Å²) >= 11 is 0. The third kappa shape index (κ3) is 1.84. The molecule has 1 aromatic carbocycles. The van der Waals surface area contributed by atoms with Gasteiger partial charge in [0.05, 0.1) is 12.0 Å². The summed E-state index contributed by atoms with van der Waals surface area (Å²) in [7, 11) is 0. The Morgan fingerprint density at radius 2 is 2.16 bits per heavy atom. The Hall–Kier alpha value is -2.09. The molecule has 2 nitrogen and oxygen atoms in total. The van der Waals surface area contributed by atoms with Crippen LogP contribution in [0.25, 0.3) is 5.57 Å². The molecule has 0 aromatic heterocycles. The first-order valence-electron chi connectivity index (χ1n) is 6.58. The van der Waals surface area contributed by atoms with Crippen LogP contribution in [-0.4, -0.2) is 17.2 Å². The standard InChI is InChI=1S/C17H17NO/c1-3-9-18-10-8-16(19)15-11-12(2)13-6-4-5-7-14(13)17(15)18/h3-8,10,15,17H,1-2,9,11H2/t15-,17+/m1/s1. The molecule has 0 N–H and O–H groups in total. The lowest BCUT2D eigenvalue weighted by atomic mass is 9.73. The maximum atomic E-state index is 12.2. The van der Waals surface area contributed by atoms with Crippen molar-refractivity contribution in [2.45, 2.75) is 12.5 Å². The van der Waals surface area contributed by atoms with Gasteiger partial charge < -0.3 is 4.90 Å². The van der Waals surface area contributed by atoms with Crippen LogP contribution in [0.1, 0.15) is 23.6 Å². The van der Waals surface area contributed by atoms with Crippen LogP contribution in [0, 0.1) is 5.92 Å². The van der Waals surface area contributed by atoms with Crippen LogP contribution < -0.4 is 0 Å². The molecule has 1 aliphatic carbocycles. The molecule has 0 fully saturated rings. The van der Waals surface area contributed by atoms with Crippen molar-refractivity contribution < 1.29 is 4.79 Å². The minimum Gasteiger partial charge on any atom is -0.366 e. The van der Waals surface area contributed by atoms with E-state index in [4.69, 9.17) is 0 Å². The molecule has 0 bridgehead atoms. The van der Waals surface area contributed by atoms with Gasteiger partial charge in [-0.05, 0) is 29.2 Å². The quantitative estimate of drug-likeness (QED) is 0.751. The number of allylic oxidation sites excluding steroid dienone is 2. The minimum atomic E-state index is -0.00708. The summed E-state index contributed by atoms with van der Waals surface area (Å²) in [5.74, 6) is 0.202. The van der Waals surface area contributed by atoms with E-state index in [2.05, 4.69) is 30.2 Å². The molecule has 2 heteroatoms. The van der Waals surface area contributed by atoms with Gasteiger partial charge in [0.1, 0.15) is 0 Å². The number of carbonyl (C=O) groups is 1. The van der Waals surface area contributed by atoms with Crippen LogP contribution in [0.2, 0.25) is 0 Å². The lowest BCUT2D eigenvalue weighted by Crippen LogP contribution is -2.39. The highest BCUT2D eigenvalue weighted by Gasteiger charge is 2.39. The second-order valence-electron chi connectivity index (χ2n) is 5.15.